The Balaban J connectivity index is 1.69. The Kier molecular flexibility index (Phi) is 8.81. The molecule has 1 N–H and O–H groups in total. The molecule has 0 amide bonds. The average molecular weight is 453 g/mol. The van der Waals surface area contributed by atoms with Crippen LogP contribution < -0.4 is 9.47 Å². The number of cyclic esters (lactones) is 1. The smallest absolute Gasteiger partial charge is 0.334 e. The van der Waals surface area contributed by atoms with E-state index in [-0.39, 0.29) is 5.76 Å². The molecule has 0 radical (unpaired) electrons. The summed E-state index contributed by atoms with van der Waals surface area (Å²) in [7, 11) is 1.64. The molecule has 178 valence electrons. The van der Waals surface area contributed by atoms with E-state index >= 15 is 0 Å². The van der Waals surface area contributed by atoms with Crippen LogP contribution in [-0.2, 0) is 22.6 Å². The number of methoxy groups -OCH3 is 1. The Morgan fingerprint density at radius 1 is 1.12 bits per heavy atom. The minimum absolute atomic E-state index is 0.108. The summed E-state index contributed by atoms with van der Waals surface area (Å²) in [5, 5.41) is 10.2. The number of aryl methyl sites for hydroxylation is 1. The molecule has 2 atom stereocenters. The van der Waals surface area contributed by atoms with Crippen LogP contribution in [0.4, 0.5) is 0 Å². The fraction of sp³-hybridized carbons (Fsp3) is 0.464. The average Bonchev–Trinajstić information content (AvgIpc) is 2.80. The maximum atomic E-state index is 12.1. The van der Waals surface area contributed by atoms with E-state index in [1.165, 1.54) is 6.08 Å². The van der Waals surface area contributed by atoms with Gasteiger partial charge >= 0.3 is 5.97 Å². The van der Waals surface area contributed by atoms with E-state index < -0.39 is 11.6 Å². The number of aliphatic hydroxyl groups excluding tert-OH is 1. The van der Waals surface area contributed by atoms with E-state index in [1.54, 1.807) is 7.11 Å². The van der Waals surface area contributed by atoms with Crippen molar-refractivity contribution in [1.29, 1.82) is 0 Å². The molecule has 1 heterocycles. The van der Waals surface area contributed by atoms with E-state index in [0.717, 1.165) is 36.8 Å². The van der Waals surface area contributed by atoms with Crippen molar-refractivity contribution in [3.05, 3.63) is 71.5 Å². The second kappa shape index (κ2) is 11.8. The molecule has 2 aromatic carbocycles. The highest BCUT2D eigenvalue weighted by atomic mass is 16.6. The van der Waals surface area contributed by atoms with E-state index in [9.17, 15) is 9.90 Å². The molecule has 0 saturated carbocycles. The van der Waals surface area contributed by atoms with Crippen LogP contribution in [0.2, 0.25) is 0 Å². The molecule has 0 aliphatic carbocycles. The number of esters is 1. The van der Waals surface area contributed by atoms with Crippen LogP contribution in [0, 0.1) is 5.92 Å². The zero-order valence-electron chi connectivity index (χ0n) is 20.0. The summed E-state index contributed by atoms with van der Waals surface area (Å²) in [4.78, 5) is 12.1. The standard InChI is InChI=1S/C28H36O5/c1-4-5-9-21(2)18-28(19-24(29)17-27(30)33-28)15-14-22-12-13-25(26(16-22)31-3)32-20-23-10-7-6-8-11-23/h6-8,10-13,16-17,21,29H,4-5,9,14-15,18-20H2,1-3H3. The number of ether oxygens (including phenoxy) is 3. The first-order chi connectivity index (χ1) is 15.9. The van der Waals surface area contributed by atoms with Gasteiger partial charge in [-0.2, -0.15) is 0 Å². The summed E-state index contributed by atoms with van der Waals surface area (Å²) >= 11 is 0. The van der Waals surface area contributed by atoms with Gasteiger partial charge in [-0.05, 0) is 48.4 Å². The Bertz CT molecular complexity index is 937. The molecule has 5 nitrogen and oxygen atoms in total. The number of hydrogen-bond donors (Lipinski definition) is 1. The van der Waals surface area contributed by atoms with Gasteiger partial charge in [0.25, 0.3) is 0 Å². The van der Waals surface area contributed by atoms with Crippen molar-refractivity contribution < 1.29 is 24.1 Å². The topological polar surface area (TPSA) is 65.0 Å². The molecule has 0 saturated heterocycles. The number of carbonyl (C=O) groups is 1. The highest BCUT2D eigenvalue weighted by molar-refractivity contribution is 5.83. The molecule has 5 heteroatoms. The van der Waals surface area contributed by atoms with Crippen molar-refractivity contribution in [3.63, 3.8) is 0 Å². The van der Waals surface area contributed by atoms with Gasteiger partial charge in [-0.1, -0.05) is 69.5 Å². The molecule has 1 aliphatic heterocycles. The SMILES string of the molecule is CCCCC(C)CC1(CCc2ccc(OCc3ccccc3)c(OC)c2)CC(O)=CC(=O)O1. The first-order valence-electron chi connectivity index (χ1n) is 11.9. The number of aliphatic hydroxyl groups is 1. The summed E-state index contributed by atoms with van der Waals surface area (Å²) in [5.41, 5.74) is 1.48. The molecule has 1 aliphatic rings. The maximum Gasteiger partial charge on any atom is 0.334 e. The quantitative estimate of drug-likeness (QED) is 0.370. The minimum Gasteiger partial charge on any atom is -0.512 e. The predicted octanol–water partition coefficient (Wildman–Crippen LogP) is 6.55. The van der Waals surface area contributed by atoms with Gasteiger partial charge in [0.1, 0.15) is 18.0 Å². The zero-order valence-corrected chi connectivity index (χ0v) is 20.0. The number of unbranched alkanes of at least 4 members (excludes halogenated alkanes) is 1. The summed E-state index contributed by atoms with van der Waals surface area (Å²) in [6.07, 6.45) is 7.02. The first kappa shape index (κ1) is 24.7. The molecule has 2 aromatic rings. The number of carbonyl (C=O) groups excluding carboxylic acids is 1. The van der Waals surface area contributed by atoms with Gasteiger partial charge in [-0.25, -0.2) is 4.79 Å². The van der Waals surface area contributed by atoms with Crippen LogP contribution in [0.25, 0.3) is 0 Å². The number of hydrogen-bond acceptors (Lipinski definition) is 5. The van der Waals surface area contributed by atoms with Crippen LogP contribution in [0.1, 0.15) is 63.5 Å². The van der Waals surface area contributed by atoms with Gasteiger partial charge in [0.2, 0.25) is 0 Å². The predicted molar refractivity (Wildman–Crippen MR) is 130 cm³/mol. The monoisotopic (exact) mass is 452 g/mol. The number of rotatable bonds is 12. The van der Waals surface area contributed by atoms with Crippen LogP contribution in [0.3, 0.4) is 0 Å². The Morgan fingerprint density at radius 2 is 1.91 bits per heavy atom. The lowest BCUT2D eigenvalue weighted by Crippen LogP contribution is -2.40. The van der Waals surface area contributed by atoms with Crippen LogP contribution >= 0.6 is 0 Å². The summed E-state index contributed by atoms with van der Waals surface area (Å²) in [5.74, 6) is 1.43. The van der Waals surface area contributed by atoms with E-state index in [2.05, 4.69) is 13.8 Å². The van der Waals surface area contributed by atoms with Crippen molar-refractivity contribution in [1.82, 2.24) is 0 Å². The molecule has 3 rings (SSSR count). The number of benzene rings is 2. The summed E-state index contributed by atoms with van der Waals surface area (Å²) in [6.45, 7) is 4.84. The van der Waals surface area contributed by atoms with Crippen molar-refractivity contribution in [2.45, 2.75) is 71.0 Å². The molecule has 2 unspecified atom stereocenters. The third kappa shape index (κ3) is 7.28. The Hall–Kier alpha value is -2.95. The second-order valence-electron chi connectivity index (χ2n) is 9.13. The normalized spacial score (nSPS) is 18.9. The largest absolute Gasteiger partial charge is 0.512 e. The van der Waals surface area contributed by atoms with Gasteiger partial charge in [-0.15, -0.1) is 0 Å². The Morgan fingerprint density at radius 3 is 2.61 bits per heavy atom. The lowest BCUT2D eigenvalue weighted by molar-refractivity contribution is -0.160. The Labute approximate surface area is 197 Å². The van der Waals surface area contributed by atoms with Gasteiger partial charge in [0.15, 0.2) is 11.5 Å². The van der Waals surface area contributed by atoms with Crippen LogP contribution in [0.5, 0.6) is 11.5 Å². The second-order valence-corrected chi connectivity index (χ2v) is 9.13. The first-order valence-corrected chi connectivity index (χ1v) is 11.9. The summed E-state index contributed by atoms with van der Waals surface area (Å²) < 4.78 is 17.4. The van der Waals surface area contributed by atoms with Gasteiger partial charge in [-0.3, -0.25) is 0 Å². The van der Waals surface area contributed by atoms with E-state index in [1.807, 2.05) is 48.5 Å². The van der Waals surface area contributed by atoms with Crippen molar-refractivity contribution >= 4 is 5.97 Å². The fourth-order valence-electron chi connectivity index (χ4n) is 4.54. The third-order valence-corrected chi connectivity index (χ3v) is 6.21. The highest BCUT2D eigenvalue weighted by Gasteiger charge is 2.39. The van der Waals surface area contributed by atoms with Crippen molar-refractivity contribution in [2.24, 2.45) is 5.92 Å². The van der Waals surface area contributed by atoms with Crippen LogP contribution in [-0.4, -0.2) is 23.8 Å². The van der Waals surface area contributed by atoms with Gasteiger partial charge in [0, 0.05) is 6.42 Å². The lowest BCUT2D eigenvalue weighted by Gasteiger charge is -2.37. The minimum atomic E-state index is -0.682. The molecule has 0 spiro atoms. The van der Waals surface area contributed by atoms with Gasteiger partial charge < -0.3 is 19.3 Å². The van der Waals surface area contributed by atoms with Crippen LogP contribution in [0.15, 0.2) is 60.4 Å². The van der Waals surface area contributed by atoms with Crippen molar-refractivity contribution in [3.8, 4) is 11.5 Å². The molecule has 33 heavy (non-hydrogen) atoms. The van der Waals surface area contributed by atoms with E-state index in [0.29, 0.717) is 43.3 Å². The molecular weight excluding hydrogens is 416 g/mol. The van der Waals surface area contributed by atoms with Crippen molar-refractivity contribution in [2.75, 3.05) is 7.11 Å². The van der Waals surface area contributed by atoms with Gasteiger partial charge in [0.05, 0.1) is 13.2 Å². The molecule has 0 fully saturated rings. The molecular formula is C28H36O5. The van der Waals surface area contributed by atoms with E-state index in [4.69, 9.17) is 14.2 Å². The molecule has 0 aromatic heterocycles. The zero-order chi connectivity index (χ0) is 23.7. The third-order valence-electron chi connectivity index (χ3n) is 6.21. The fourth-order valence-corrected chi connectivity index (χ4v) is 4.54. The lowest BCUT2D eigenvalue weighted by atomic mass is 9.80. The maximum absolute atomic E-state index is 12.1. The highest BCUT2D eigenvalue weighted by Crippen LogP contribution is 2.38. The molecule has 0 bridgehead atoms. The summed E-state index contributed by atoms with van der Waals surface area (Å²) in [6, 6.07) is 15.9.